The van der Waals surface area contributed by atoms with Crippen molar-refractivity contribution in [3.8, 4) is 0 Å². The monoisotopic (exact) mass is 466 g/mol. The van der Waals surface area contributed by atoms with Crippen molar-refractivity contribution >= 4 is 17.3 Å². The van der Waals surface area contributed by atoms with Crippen LogP contribution in [-0.4, -0.2) is 21.5 Å². The van der Waals surface area contributed by atoms with Crippen LogP contribution in [-0.2, 0) is 20.1 Å². The van der Waals surface area contributed by atoms with Crippen LogP contribution >= 0.6 is 0 Å². The first-order valence-electron chi connectivity index (χ1n) is 6.69. The number of hydrogen-bond donors (Lipinski definition) is 1. The summed E-state index contributed by atoms with van der Waals surface area (Å²) < 4.78 is 0. The van der Waals surface area contributed by atoms with Gasteiger partial charge in [-0.25, -0.2) is 0 Å². The van der Waals surface area contributed by atoms with E-state index < -0.39 is 0 Å². The van der Waals surface area contributed by atoms with E-state index >= 15 is 0 Å². The van der Waals surface area contributed by atoms with Crippen LogP contribution < -0.4 is 5.01 Å². The molecule has 115 valence electrons. The van der Waals surface area contributed by atoms with Gasteiger partial charge in [0, 0.05) is 26.5 Å². The number of aliphatic hydroxyl groups excluding tert-OH is 1. The van der Waals surface area contributed by atoms with Crippen molar-refractivity contribution in [3.63, 3.8) is 0 Å². The van der Waals surface area contributed by atoms with Gasteiger partial charge in [-0.3, -0.25) is 4.79 Å². The Morgan fingerprint density at radius 1 is 1.24 bits per heavy atom. The molecule has 0 unspecified atom stereocenters. The molecule has 1 aromatic carbocycles. The molecule has 0 atom stereocenters. The Hall–Kier alpha value is -1.45. The summed E-state index contributed by atoms with van der Waals surface area (Å²) in [5.74, 6) is 0.158. The minimum absolute atomic E-state index is 0. The number of allylic oxidation sites excluding steroid dienone is 1. The number of anilines is 1. The summed E-state index contributed by atoms with van der Waals surface area (Å²) in [6.45, 7) is 7.90. The summed E-state index contributed by atoms with van der Waals surface area (Å²) in [5.41, 5.74) is 1.76. The molecule has 21 heavy (non-hydrogen) atoms. The molecule has 0 saturated carbocycles. The van der Waals surface area contributed by atoms with Crippen molar-refractivity contribution < 1.29 is 30.0 Å². The Morgan fingerprint density at radius 2 is 1.81 bits per heavy atom. The maximum Gasteiger partial charge on any atom is 0.454 e. The summed E-state index contributed by atoms with van der Waals surface area (Å²) in [6, 6.07) is 9.38. The second kappa shape index (κ2) is 6.54. The third-order valence-corrected chi connectivity index (χ3v) is 3.02. The van der Waals surface area contributed by atoms with Gasteiger partial charge in [-0.05, 0) is 24.5 Å². The number of hydrazone groups is 1. The fraction of sp³-hybridized carbons (Fsp3) is 0.375. The number of benzene rings is 1. The van der Waals surface area contributed by atoms with Crippen LogP contribution in [0.4, 0.5) is 5.69 Å². The molecule has 1 aromatic rings. The summed E-state index contributed by atoms with van der Waals surface area (Å²) >= 11 is 0. The van der Waals surface area contributed by atoms with E-state index in [0.717, 1.165) is 5.69 Å². The molecule has 0 aliphatic carbocycles. The molecule has 1 amide bonds. The zero-order valence-electron chi connectivity index (χ0n) is 12.7. The molecular formula is C16H21IrN2O2+. The molecule has 5 heteroatoms. The second-order valence-electron chi connectivity index (χ2n) is 6.22. The molecule has 2 N–H and O–H groups in total. The topological polar surface area (TPSA) is 57.2 Å². The van der Waals surface area contributed by atoms with Gasteiger partial charge >= 0.3 is 5.91 Å². The molecule has 2 rings (SSSR count). The first-order valence-corrected chi connectivity index (χ1v) is 6.69. The molecule has 1 heterocycles. The number of nitrogens with zero attached hydrogens (tertiary/aromatic N) is 2. The van der Waals surface area contributed by atoms with E-state index in [1.54, 1.807) is 6.92 Å². The van der Waals surface area contributed by atoms with Crippen molar-refractivity contribution in [1.82, 2.24) is 0 Å². The fourth-order valence-electron chi connectivity index (χ4n) is 2.19. The van der Waals surface area contributed by atoms with Crippen molar-refractivity contribution in [2.45, 2.75) is 34.1 Å². The number of aliphatic hydroxyl groups is 1. The van der Waals surface area contributed by atoms with Gasteiger partial charge in [0.05, 0.1) is 11.4 Å². The molecule has 1 radical (unpaired) electrons. The summed E-state index contributed by atoms with van der Waals surface area (Å²) in [4.78, 5) is 10.3. The van der Waals surface area contributed by atoms with E-state index in [1.165, 1.54) is 5.01 Å². The molecule has 1 aliphatic heterocycles. The van der Waals surface area contributed by atoms with E-state index in [1.807, 2.05) is 51.1 Å². The second-order valence-corrected chi connectivity index (χ2v) is 6.22. The molecule has 1 aliphatic rings. The maximum absolute atomic E-state index is 10.3. The number of amides is 1. The van der Waals surface area contributed by atoms with Gasteiger partial charge in [-0.2, -0.15) is 5.10 Å². The third-order valence-electron chi connectivity index (χ3n) is 3.02. The average Bonchev–Trinajstić information content (AvgIpc) is 2.64. The summed E-state index contributed by atoms with van der Waals surface area (Å²) in [6.07, 6.45) is 0.488. The Balaban J connectivity index is 0.00000220. The number of para-hydroxylation sites is 1. The molecular weight excluding hydrogens is 444 g/mol. The quantitative estimate of drug-likeness (QED) is 0.405. The Kier molecular flexibility index (Phi) is 5.48. The predicted molar refractivity (Wildman–Crippen MR) is 82.7 cm³/mol. The summed E-state index contributed by atoms with van der Waals surface area (Å²) in [7, 11) is 0. The van der Waals surface area contributed by atoms with Gasteiger partial charge in [0.2, 0.25) is 0 Å². The molecule has 0 bridgehead atoms. The molecule has 0 aromatic heterocycles. The number of hydrogen-bond acceptors (Lipinski definition) is 2. The first kappa shape index (κ1) is 17.6. The van der Waals surface area contributed by atoms with E-state index in [9.17, 15) is 9.90 Å². The third kappa shape index (κ3) is 4.02. The van der Waals surface area contributed by atoms with Crippen LogP contribution in [0.25, 0.3) is 0 Å². The van der Waals surface area contributed by atoms with Crippen LogP contribution in [0.1, 0.15) is 34.1 Å². The standard InChI is InChI=1S/C16H20N2O2.Ir/c1-11-14(13(19)10-16(2,3)4)15(20)18(17-11)12-8-6-5-7-9-12;/h5-9,19H,10H2,1-4H3;/p+1. The Labute approximate surface area is 138 Å². The van der Waals surface area contributed by atoms with E-state index in [-0.39, 0.29) is 37.2 Å². The zero-order valence-corrected chi connectivity index (χ0v) is 15.1. The van der Waals surface area contributed by atoms with Gasteiger partial charge < -0.3 is 5.11 Å². The molecule has 0 saturated heterocycles. The van der Waals surface area contributed by atoms with Gasteiger partial charge in [0.25, 0.3) is 0 Å². The van der Waals surface area contributed by atoms with Crippen LogP contribution in [0.2, 0.25) is 0 Å². The van der Waals surface area contributed by atoms with Crippen LogP contribution in [0.5, 0.6) is 0 Å². The van der Waals surface area contributed by atoms with E-state index in [2.05, 4.69) is 5.10 Å². The SMILES string of the molecule is CC1=NN(c2ccccc2)C(=[OH+])C1=C(O)CC(C)(C)C.[Ir]. The number of rotatable bonds is 2. The van der Waals surface area contributed by atoms with Crippen molar-refractivity contribution in [2.75, 3.05) is 5.01 Å². The van der Waals surface area contributed by atoms with Crippen LogP contribution in [0.3, 0.4) is 0 Å². The minimum atomic E-state index is -0.0577. The van der Waals surface area contributed by atoms with Crippen molar-refractivity contribution in [2.24, 2.45) is 10.5 Å². The first-order chi connectivity index (χ1) is 9.29. The Morgan fingerprint density at radius 3 is 2.33 bits per heavy atom. The van der Waals surface area contributed by atoms with Gasteiger partial charge in [0.1, 0.15) is 5.76 Å². The van der Waals surface area contributed by atoms with Crippen LogP contribution in [0.15, 0.2) is 46.8 Å². The zero-order chi connectivity index (χ0) is 14.9. The predicted octanol–water partition coefficient (Wildman–Crippen LogP) is 3.63. The van der Waals surface area contributed by atoms with Gasteiger partial charge in [0.15, 0.2) is 5.57 Å². The van der Waals surface area contributed by atoms with Crippen LogP contribution in [0, 0.1) is 5.41 Å². The molecule has 0 fully saturated rings. The Bertz CT molecular complexity index is 586. The van der Waals surface area contributed by atoms with Crippen molar-refractivity contribution in [1.29, 1.82) is 0 Å². The fourth-order valence-corrected chi connectivity index (χ4v) is 2.19. The number of carbonyl (C=O) groups excluding carboxylic acids is 1. The van der Waals surface area contributed by atoms with E-state index in [4.69, 9.17) is 0 Å². The molecule has 4 nitrogen and oxygen atoms in total. The van der Waals surface area contributed by atoms with Gasteiger partial charge in [-0.1, -0.05) is 39.0 Å². The summed E-state index contributed by atoms with van der Waals surface area (Å²) in [5, 5.41) is 16.0. The van der Waals surface area contributed by atoms with E-state index in [0.29, 0.717) is 17.7 Å². The maximum atomic E-state index is 10.3. The largest absolute Gasteiger partial charge is 0.511 e. The van der Waals surface area contributed by atoms with Gasteiger partial charge in [-0.15, -0.1) is 5.01 Å². The minimum Gasteiger partial charge on any atom is -0.511 e. The smallest absolute Gasteiger partial charge is 0.454 e. The van der Waals surface area contributed by atoms with Crippen molar-refractivity contribution in [3.05, 3.63) is 41.7 Å². The molecule has 0 spiro atoms. The normalized spacial score (nSPS) is 17.4. The average molecular weight is 466 g/mol.